The molecule has 30 heavy (non-hydrogen) atoms. The summed E-state index contributed by atoms with van der Waals surface area (Å²) in [5, 5.41) is 7.84. The highest BCUT2D eigenvalue weighted by Gasteiger charge is 2.56. The second-order valence-corrected chi connectivity index (χ2v) is 7.68. The fourth-order valence-electron chi connectivity index (χ4n) is 3.30. The van der Waals surface area contributed by atoms with Gasteiger partial charge in [-0.2, -0.15) is 0 Å². The molecule has 1 aliphatic carbocycles. The lowest BCUT2D eigenvalue weighted by Gasteiger charge is -2.21. The van der Waals surface area contributed by atoms with Gasteiger partial charge >= 0.3 is 12.0 Å². The molecule has 160 valence electrons. The molecule has 0 unspecified atom stereocenters. The molecule has 1 heterocycles. The first-order valence-electron chi connectivity index (χ1n) is 9.62. The van der Waals surface area contributed by atoms with E-state index in [0.717, 1.165) is 17.7 Å². The number of nitrogens with one attached hydrogen (secondary N) is 3. The summed E-state index contributed by atoms with van der Waals surface area (Å²) in [4.78, 5) is 60.9. The Bertz CT molecular complexity index is 895. The lowest BCUT2D eigenvalue weighted by atomic mass is 9.96. The number of carbonyl (C=O) groups is 5. The number of urea groups is 1. The van der Waals surface area contributed by atoms with E-state index >= 15 is 0 Å². The number of anilines is 2. The second kappa shape index (κ2) is 8.13. The van der Waals surface area contributed by atoms with Crippen molar-refractivity contribution in [2.45, 2.75) is 45.3 Å². The zero-order chi connectivity index (χ0) is 22.1. The Balaban J connectivity index is 1.51. The van der Waals surface area contributed by atoms with Gasteiger partial charge in [0.2, 0.25) is 5.91 Å². The molecular weight excluding hydrogens is 392 g/mol. The lowest BCUT2D eigenvalue weighted by Crippen LogP contribution is -2.46. The van der Waals surface area contributed by atoms with Gasteiger partial charge in [-0.3, -0.25) is 24.1 Å². The number of hydrogen-bond donors (Lipinski definition) is 3. The molecule has 2 aliphatic rings. The molecule has 1 aromatic carbocycles. The molecule has 0 spiro atoms. The summed E-state index contributed by atoms with van der Waals surface area (Å²) in [6, 6.07) is 5.76. The number of amides is 5. The van der Waals surface area contributed by atoms with Gasteiger partial charge in [0.25, 0.3) is 11.8 Å². The average molecular weight is 416 g/mol. The fourth-order valence-corrected chi connectivity index (χ4v) is 3.30. The Hall–Kier alpha value is -3.43. The van der Waals surface area contributed by atoms with Crippen molar-refractivity contribution in [3.63, 3.8) is 0 Å². The summed E-state index contributed by atoms with van der Waals surface area (Å²) in [6.45, 7) is 3.87. The van der Waals surface area contributed by atoms with Crippen molar-refractivity contribution >= 4 is 41.1 Å². The quantitative estimate of drug-likeness (QED) is 0.452. The number of imide groups is 1. The zero-order valence-electron chi connectivity index (χ0n) is 17.0. The van der Waals surface area contributed by atoms with Crippen LogP contribution in [-0.2, 0) is 23.9 Å². The van der Waals surface area contributed by atoms with E-state index in [1.54, 1.807) is 31.2 Å². The summed E-state index contributed by atoms with van der Waals surface area (Å²) in [5.41, 5.74) is 0.0436. The maximum absolute atomic E-state index is 12.5. The number of carbonyl (C=O) groups excluding carboxylic acids is 5. The Labute approximate surface area is 173 Å². The maximum atomic E-state index is 12.5. The van der Waals surface area contributed by atoms with Crippen LogP contribution in [0.4, 0.5) is 16.2 Å². The molecular formula is C20H24N4O6. The molecule has 1 aromatic rings. The van der Waals surface area contributed by atoms with E-state index in [0.29, 0.717) is 11.4 Å². The van der Waals surface area contributed by atoms with Gasteiger partial charge in [0.1, 0.15) is 12.1 Å². The fraction of sp³-hybridized carbons (Fsp3) is 0.450. The van der Waals surface area contributed by atoms with E-state index in [9.17, 15) is 24.0 Å². The number of benzene rings is 1. The highest BCUT2D eigenvalue weighted by molar-refractivity contribution is 6.09. The van der Waals surface area contributed by atoms with Crippen molar-refractivity contribution in [3.8, 4) is 0 Å². The first-order chi connectivity index (χ1) is 14.1. The summed E-state index contributed by atoms with van der Waals surface area (Å²) in [5.74, 6) is -2.02. The Kier molecular flexibility index (Phi) is 5.77. The van der Waals surface area contributed by atoms with E-state index in [-0.39, 0.29) is 11.8 Å². The minimum Gasteiger partial charge on any atom is -0.451 e. The van der Waals surface area contributed by atoms with Crippen LogP contribution in [0.15, 0.2) is 24.3 Å². The summed E-state index contributed by atoms with van der Waals surface area (Å²) in [7, 11) is 0. The van der Waals surface area contributed by atoms with Gasteiger partial charge in [-0.05, 0) is 56.9 Å². The van der Waals surface area contributed by atoms with E-state index < -0.39 is 42.0 Å². The zero-order valence-corrected chi connectivity index (χ0v) is 17.0. The number of esters is 1. The SMILES string of the molecule is CC(=O)Nc1ccc(NC(=O)[C@H](C)OC(=O)CN2C(=O)N[C@@](C)(C3CC3)C2=O)cc1. The summed E-state index contributed by atoms with van der Waals surface area (Å²) >= 11 is 0. The summed E-state index contributed by atoms with van der Waals surface area (Å²) in [6.07, 6.45) is 0.566. The molecule has 0 bridgehead atoms. The number of ether oxygens (including phenoxy) is 1. The van der Waals surface area contributed by atoms with Crippen LogP contribution in [0.5, 0.6) is 0 Å². The topological polar surface area (TPSA) is 134 Å². The molecule has 3 N–H and O–H groups in total. The lowest BCUT2D eigenvalue weighted by molar-refractivity contribution is -0.155. The minimum atomic E-state index is -1.14. The molecule has 5 amide bonds. The van der Waals surface area contributed by atoms with Crippen LogP contribution in [0.2, 0.25) is 0 Å². The van der Waals surface area contributed by atoms with Crippen molar-refractivity contribution in [2.75, 3.05) is 17.2 Å². The van der Waals surface area contributed by atoms with Crippen LogP contribution in [-0.4, -0.2) is 52.8 Å². The van der Waals surface area contributed by atoms with Crippen LogP contribution >= 0.6 is 0 Å². The first-order valence-corrected chi connectivity index (χ1v) is 9.62. The van der Waals surface area contributed by atoms with Crippen molar-refractivity contribution < 1.29 is 28.7 Å². The molecule has 1 saturated carbocycles. The molecule has 0 aromatic heterocycles. The molecule has 1 saturated heterocycles. The van der Waals surface area contributed by atoms with Crippen LogP contribution in [0.3, 0.4) is 0 Å². The summed E-state index contributed by atoms with van der Waals surface area (Å²) < 4.78 is 5.08. The van der Waals surface area contributed by atoms with Crippen molar-refractivity contribution in [1.29, 1.82) is 0 Å². The number of nitrogens with zero attached hydrogens (tertiary/aromatic N) is 1. The van der Waals surface area contributed by atoms with E-state index in [4.69, 9.17) is 4.74 Å². The molecule has 10 nitrogen and oxygen atoms in total. The second-order valence-electron chi connectivity index (χ2n) is 7.68. The number of rotatable bonds is 7. The van der Waals surface area contributed by atoms with Gasteiger partial charge in [-0.25, -0.2) is 4.79 Å². The number of hydrogen-bond acceptors (Lipinski definition) is 6. The third-order valence-corrected chi connectivity index (χ3v) is 5.13. The van der Waals surface area contributed by atoms with E-state index in [2.05, 4.69) is 16.0 Å². The predicted octanol–water partition coefficient (Wildman–Crippen LogP) is 1.24. The normalized spacial score (nSPS) is 21.6. The third kappa shape index (κ3) is 4.58. The van der Waals surface area contributed by atoms with Crippen LogP contribution in [0.1, 0.15) is 33.6 Å². The Morgan fingerprint density at radius 2 is 1.73 bits per heavy atom. The van der Waals surface area contributed by atoms with Gasteiger partial charge in [0, 0.05) is 18.3 Å². The van der Waals surface area contributed by atoms with Crippen LogP contribution in [0.25, 0.3) is 0 Å². The molecule has 0 radical (unpaired) electrons. The predicted molar refractivity (Wildman–Crippen MR) is 106 cm³/mol. The van der Waals surface area contributed by atoms with Gasteiger partial charge < -0.3 is 20.7 Å². The maximum Gasteiger partial charge on any atom is 0.327 e. The van der Waals surface area contributed by atoms with Crippen molar-refractivity contribution in [2.24, 2.45) is 5.92 Å². The molecule has 3 rings (SSSR count). The van der Waals surface area contributed by atoms with Crippen molar-refractivity contribution in [3.05, 3.63) is 24.3 Å². The van der Waals surface area contributed by atoms with E-state index in [1.165, 1.54) is 13.8 Å². The smallest absolute Gasteiger partial charge is 0.327 e. The van der Waals surface area contributed by atoms with Crippen molar-refractivity contribution in [1.82, 2.24) is 10.2 Å². The van der Waals surface area contributed by atoms with Crippen LogP contribution < -0.4 is 16.0 Å². The highest BCUT2D eigenvalue weighted by atomic mass is 16.5. The molecule has 10 heteroatoms. The van der Waals surface area contributed by atoms with Gasteiger partial charge in [-0.15, -0.1) is 0 Å². The van der Waals surface area contributed by atoms with Gasteiger partial charge in [0.15, 0.2) is 6.10 Å². The monoisotopic (exact) mass is 416 g/mol. The average Bonchev–Trinajstić information content (AvgIpc) is 3.49. The largest absolute Gasteiger partial charge is 0.451 e. The van der Waals surface area contributed by atoms with Crippen LogP contribution in [0, 0.1) is 5.92 Å². The first kappa shape index (κ1) is 21.3. The Morgan fingerprint density at radius 3 is 2.27 bits per heavy atom. The minimum absolute atomic E-state index is 0.0803. The molecule has 2 fully saturated rings. The molecule has 2 atom stereocenters. The Morgan fingerprint density at radius 1 is 1.17 bits per heavy atom. The highest BCUT2D eigenvalue weighted by Crippen LogP contribution is 2.42. The van der Waals surface area contributed by atoms with Gasteiger partial charge in [-0.1, -0.05) is 0 Å². The third-order valence-electron chi connectivity index (χ3n) is 5.13. The van der Waals surface area contributed by atoms with Gasteiger partial charge in [0.05, 0.1) is 0 Å². The molecule has 1 aliphatic heterocycles. The van der Waals surface area contributed by atoms with E-state index in [1.807, 2.05) is 0 Å². The standard InChI is InChI=1S/C20H24N4O6/c1-11(17(27)22-15-8-6-14(7-9-15)21-12(2)25)30-16(26)10-24-18(28)20(3,13-4-5-13)23-19(24)29/h6-9,11,13H,4-5,10H2,1-3H3,(H,21,25)(H,22,27)(H,23,29)/t11-,20-/m0/s1.